The van der Waals surface area contributed by atoms with Crippen LogP contribution >= 0.6 is 11.6 Å². The number of carbonyl (C=O) groups is 1. The SMILES string of the molecule is NNC(=O)[C@H](Oc1ccccc1Cl)c1ccccc1. The van der Waals surface area contributed by atoms with Crippen molar-refractivity contribution < 1.29 is 9.53 Å². The summed E-state index contributed by atoms with van der Waals surface area (Å²) in [5, 5.41) is 0.438. The molecular formula is C14H13ClN2O2. The van der Waals surface area contributed by atoms with E-state index >= 15 is 0 Å². The van der Waals surface area contributed by atoms with E-state index in [1.807, 2.05) is 18.2 Å². The van der Waals surface area contributed by atoms with Gasteiger partial charge in [-0.3, -0.25) is 10.2 Å². The minimum Gasteiger partial charge on any atom is -0.474 e. The number of amides is 1. The van der Waals surface area contributed by atoms with E-state index < -0.39 is 12.0 Å². The van der Waals surface area contributed by atoms with Crippen molar-refractivity contribution >= 4 is 17.5 Å². The molecule has 0 fully saturated rings. The lowest BCUT2D eigenvalue weighted by atomic mass is 10.1. The molecule has 2 aromatic carbocycles. The van der Waals surface area contributed by atoms with Crippen molar-refractivity contribution in [3.8, 4) is 5.75 Å². The van der Waals surface area contributed by atoms with Crippen molar-refractivity contribution in [3.05, 3.63) is 65.2 Å². The Balaban J connectivity index is 2.30. The second kappa shape index (κ2) is 6.22. The van der Waals surface area contributed by atoms with Crippen molar-refractivity contribution in [1.29, 1.82) is 0 Å². The van der Waals surface area contributed by atoms with E-state index in [0.717, 1.165) is 0 Å². The predicted octanol–water partition coefficient (Wildman–Crippen LogP) is 2.45. The number of hydrogen-bond acceptors (Lipinski definition) is 3. The Labute approximate surface area is 116 Å². The van der Waals surface area contributed by atoms with Crippen molar-refractivity contribution in [1.82, 2.24) is 5.43 Å². The summed E-state index contributed by atoms with van der Waals surface area (Å²) in [7, 11) is 0. The molecule has 2 rings (SSSR count). The standard InChI is InChI=1S/C14H13ClN2O2/c15-11-8-4-5-9-12(11)19-13(14(18)17-16)10-6-2-1-3-7-10/h1-9,13H,16H2,(H,17,18)/t13-/m1/s1. The largest absolute Gasteiger partial charge is 0.474 e. The summed E-state index contributed by atoms with van der Waals surface area (Å²) in [4.78, 5) is 11.8. The van der Waals surface area contributed by atoms with Crippen molar-refractivity contribution in [2.75, 3.05) is 0 Å². The summed E-state index contributed by atoms with van der Waals surface area (Å²) in [5.41, 5.74) is 2.80. The van der Waals surface area contributed by atoms with Crippen LogP contribution in [0.2, 0.25) is 5.02 Å². The zero-order chi connectivity index (χ0) is 13.7. The summed E-state index contributed by atoms with van der Waals surface area (Å²) in [6.45, 7) is 0. The average Bonchev–Trinajstić information content (AvgIpc) is 2.46. The molecule has 0 aromatic heterocycles. The highest BCUT2D eigenvalue weighted by molar-refractivity contribution is 6.32. The van der Waals surface area contributed by atoms with Gasteiger partial charge in [-0.2, -0.15) is 0 Å². The van der Waals surface area contributed by atoms with Gasteiger partial charge >= 0.3 is 0 Å². The lowest BCUT2D eigenvalue weighted by molar-refractivity contribution is -0.128. The minimum atomic E-state index is -0.842. The number of hydrogen-bond donors (Lipinski definition) is 2. The molecule has 0 aliphatic rings. The molecule has 0 aliphatic heterocycles. The lowest BCUT2D eigenvalue weighted by Crippen LogP contribution is -2.37. The smallest absolute Gasteiger partial charge is 0.279 e. The van der Waals surface area contributed by atoms with Crippen LogP contribution in [0.5, 0.6) is 5.75 Å². The molecule has 0 heterocycles. The molecule has 1 amide bonds. The summed E-state index contributed by atoms with van der Waals surface area (Å²) in [6.07, 6.45) is -0.842. The van der Waals surface area contributed by atoms with Crippen LogP contribution in [-0.4, -0.2) is 5.91 Å². The van der Waals surface area contributed by atoms with E-state index in [1.54, 1.807) is 36.4 Å². The maximum Gasteiger partial charge on any atom is 0.279 e. The van der Waals surface area contributed by atoms with Gasteiger partial charge in [0.1, 0.15) is 5.75 Å². The molecule has 0 saturated heterocycles. The number of halogens is 1. The van der Waals surface area contributed by atoms with Crippen LogP contribution in [0.4, 0.5) is 0 Å². The quantitative estimate of drug-likeness (QED) is 0.512. The Hall–Kier alpha value is -2.04. The Kier molecular flexibility index (Phi) is 4.39. The predicted molar refractivity (Wildman–Crippen MR) is 73.6 cm³/mol. The fourth-order valence-corrected chi connectivity index (χ4v) is 1.82. The molecule has 4 nitrogen and oxygen atoms in total. The molecule has 3 N–H and O–H groups in total. The number of nitrogens with two attached hydrogens (primary N) is 1. The van der Waals surface area contributed by atoms with E-state index in [2.05, 4.69) is 5.43 Å². The molecule has 19 heavy (non-hydrogen) atoms. The van der Waals surface area contributed by atoms with Crippen LogP contribution in [-0.2, 0) is 4.79 Å². The molecule has 0 aliphatic carbocycles. The van der Waals surface area contributed by atoms with E-state index in [9.17, 15) is 4.79 Å². The maximum atomic E-state index is 11.8. The first-order valence-corrected chi connectivity index (χ1v) is 6.06. The van der Waals surface area contributed by atoms with Gasteiger partial charge in [-0.25, -0.2) is 5.84 Å². The molecule has 0 radical (unpaired) electrons. The van der Waals surface area contributed by atoms with Crippen LogP contribution in [0.1, 0.15) is 11.7 Å². The number of ether oxygens (including phenoxy) is 1. The molecule has 98 valence electrons. The number of carbonyl (C=O) groups excluding carboxylic acids is 1. The molecule has 0 saturated carbocycles. The third-order valence-electron chi connectivity index (χ3n) is 2.56. The summed E-state index contributed by atoms with van der Waals surface area (Å²) < 4.78 is 5.66. The Morgan fingerprint density at radius 3 is 2.37 bits per heavy atom. The summed E-state index contributed by atoms with van der Waals surface area (Å²) >= 11 is 6.02. The van der Waals surface area contributed by atoms with E-state index in [4.69, 9.17) is 22.2 Å². The van der Waals surface area contributed by atoms with Crippen LogP contribution in [0.3, 0.4) is 0 Å². The summed E-state index contributed by atoms with van der Waals surface area (Å²) in [5.74, 6) is 5.18. The normalized spacial score (nSPS) is 11.7. The highest BCUT2D eigenvalue weighted by Gasteiger charge is 2.22. The third-order valence-corrected chi connectivity index (χ3v) is 2.88. The molecule has 0 unspecified atom stereocenters. The van der Waals surface area contributed by atoms with Gasteiger partial charge in [-0.15, -0.1) is 0 Å². The van der Waals surface area contributed by atoms with Gasteiger partial charge in [0.05, 0.1) is 5.02 Å². The molecular weight excluding hydrogens is 264 g/mol. The van der Waals surface area contributed by atoms with Gasteiger partial charge in [-0.1, -0.05) is 54.1 Å². The van der Waals surface area contributed by atoms with Gasteiger partial charge in [0.2, 0.25) is 6.10 Å². The van der Waals surface area contributed by atoms with Crippen molar-refractivity contribution in [2.45, 2.75) is 6.10 Å². The van der Waals surface area contributed by atoms with Gasteiger partial charge in [-0.05, 0) is 12.1 Å². The average molecular weight is 277 g/mol. The monoisotopic (exact) mass is 276 g/mol. The van der Waals surface area contributed by atoms with Crippen LogP contribution < -0.4 is 16.0 Å². The zero-order valence-electron chi connectivity index (χ0n) is 10.0. The zero-order valence-corrected chi connectivity index (χ0v) is 10.8. The second-order valence-corrected chi connectivity index (χ2v) is 4.25. The van der Waals surface area contributed by atoms with E-state index in [1.165, 1.54) is 0 Å². The number of nitrogens with one attached hydrogen (secondary N) is 1. The molecule has 0 spiro atoms. The number of para-hydroxylation sites is 1. The highest BCUT2D eigenvalue weighted by Crippen LogP contribution is 2.28. The van der Waals surface area contributed by atoms with Gasteiger partial charge < -0.3 is 4.74 Å². The topological polar surface area (TPSA) is 64.3 Å². The number of rotatable bonds is 4. The molecule has 2 aromatic rings. The first kappa shape index (κ1) is 13.4. The fourth-order valence-electron chi connectivity index (χ4n) is 1.64. The third kappa shape index (κ3) is 3.24. The Bertz CT molecular complexity index is 560. The van der Waals surface area contributed by atoms with Crippen molar-refractivity contribution in [3.63, 3.8) is 0 Å². The van der Waals surface area contributed by atoms with E-state index in [-0.39, 0.29) is 0 Å². The van der Waals surface area contributed by atoms with Crippen LogP contribution in [0, 0.1) is 0 Å². The van der Waals surface area contributed by atoms with Crippen LogP contribution in [0.25, 0.3) is 0 Å². The molecule has 5 heteroatoms. The van der Waals surface area contributed by atoms with E-state index in [0.29, 0.717) is 16.3 Å². The number of benzene rings is 2. The first-order valence-electron chi connectivity index (χ1n) is 5.69. The Morgan fingerprint density at radius 2 is 1.74 bits per heavy atom. The van der Waals surface area contributed by atoms with Crippen LogP contribution in [0.15, 0.2) is 54.6 Å². The minimum absolute atomic E-state index is 0.432. The van der Waals surface area contributed by atoms with Crippen molar-refractivity contribution in [2.24, 2.45) is 5.84 Å². The van der Waals surface area contributed by atoms with Gasteiger partial charge in [0, 0.05) is 5.56 Å². The Morgan fingerprint density at radius 1 is 1.11 bits per heavy atom. The second-order valence-electron chi connectivity index (χ2n) is 3.85. The number of hydrazine groups is 1. The fraction of sp³-hybridized carbons (Fsp3) is 0.0714. The van der Waals surface area contributed by atoms with Gasteiger partial charge in [0.25, 0.3) is 5.91 Å². The highest BCUT2D eigenvalue weighted by atomic mass is 35.5. The summed E-state index contributed by atoms with van der Waals surface area (Å²) in [6, 6.07) is 16.0. The molecule has 0 bridgehead atoms. The maximum absolute atomic E-state index is 11.8. The first-order chi connectivity index (χ1) is 9.22. The van der Waals surface area contributed by atoms with Gasteiger partial charge in [0.15, 0.2) is 0 Å². The lowest BCUT2D eigenvalue weighted by Gasteiger charge is -2.18. The molecule has 1 atom stereocenters.